The molecule has 1 aliphatic heterocycles. The third-order valence-corrected chi connectivity index (χ3v) is 6.81. The van der Waals surface area contributed by atoms with Gasteiger partial charge in [-0.05, 0) is 42.7 Å². The molecule has 1 fully saturated rings. The zero-order valence-electron chi connectivity index (χ0n) is 20.3. The zero-order chi connectivity index (χ0) is 24.1. The van der Waals surface area contributed by atoms with Crippen LogP contribution in [0.25, 0.3) is 0 Å². The number of amides is 2. The van der Waals surface area contributed by atoms with E-state index in [-0.39, 0.29) is 30.3 Å². The summed E-state index contributed by atoms with van der Waals surface area (Å²) >= 11 is 0. The van der Waals surface area contributed by atoms with Crippen LogP contribution in [0.15, 0.2) is 47.7 Å². The minimum absolute atomic E-state index is 0.00282. The maximum absolute atomic E-state index is 13.6. The number of ether oxygens (including phenoxy) is 2. The molecule has 34 heavy (non-hydrogen) atoms. The molecule has 1 saturated carbocycles. The standard InChI is InChI=1S/C26H34N4O4/c1-28-14-6-9-23(28)22-17-24(19-10-12-21(34-3)13-11-19)30(27-22)25(31)18-29(15-16-33-2)26(32)20-7-4-5-8-20/h6,9-14,20,24H,4-5,7-8,15-18H2,1-3H3/t24-/m0/s1. The number of rotatable bonds is 9. The van der Waals surface area contributed by atoms with Crippen molar-refractivity contribution in [2.75, 3.05) is 33.9 Å². The largest absolute Gasteiger partial charge is 0.497 e. The molecule has 1 aliphatic carbocycles. The zero-order valence-corrected chi connectivity index (χ0v) is 20.3. The highest BCUT2D eigenvalue weighted by Crippen LogP contribution is 2.34. The molecular weight excluding hydrogens is 432 g/mol. The van der Waals surface area contributed by atoms with Crippen LogP contribution in [-0.4, -0.2) is 65.9 Å². The first-order valence-corrected chi connectivity index (χ1v) is 11.9. The van der Waals surface area contributed by atoms with E-state index in [1.165, 1.54) is 0 Å². The first-order chi connectivity index (χ1) is 16.5. The van der Waals surface area contributed by atoms with E-state index in [0.29, 0.717) is 19.6 Å². The Bertz CT molecular complexity index is 1020. The van der Waals surface area contributed by atoms with Crippen molar-refractivity contribution in [2.24, 2.45) is 18.1 Å². The summed E-state index contributed by atoms with van der Waals surface area (Å²) in [5, 5.41) is 6.32. The highest BCUT2D eigenvalue weighted by molar-refractivity contribution is 6.02. The number of aromatic nitrogens is 1. The Labute approximate surface area is 201 Å². The Balaban J connectivity index is 1.59. The molecule has 0 bridgehead atoms. The van der Waals surface area contributed by atoms with Crippen LogP contribution in [-0.2, 0) is 21.4 Å². The fourth-order valence-electron chi connectivity index (χ4n) is 4.88. The number of hydrazone groups is 1. The average Bonchev–Trinajstić information content (AvgIpc) is 3.62. The van der Waals surface area contributed by atoms with Crippen LogP contribution in [0, 0.1) is 5.92 Å². The Hall–Kier alpha value is -3.13. The van der Waals surface area contributed by atoms with Crippen LogP contribution in [0.3, 0.4) is 0 Å². The third kappa shape index (κ3) is 5.17. The van der Waals surface area contributed by atoms with Gasteiger partial charge in [0.1, 0.15) is 12.3 Å². The maximum atomic E-state index is 13.6. The third-order valence-electron chi connectivity index (χ3n) is 6.81. The number of hydrogen-bond acceptors (Lipinski definition) is 5. The van der Waals surface area contributed by atoms with Crippen LogP contribution < -0.4 is 4.74 Å². The molecule has 182 valence electrons. The van der Waals surface area contributed by atoms with Crippen LogP contribution >= 0.6 is 0 Å². The first kappa shape index (κ1) is 24.0. The number of aryl methyl sites for hydroxylation is 1. The number of nitrogens with zero attached hydrogens (tertiary/aromatic N) is 4. The number of methoxy groups -OCH3 is 2. The topological polar surface area (TPSA) is 76.4 Å². The molecule has 2 aliphatic rings. The van der Waals surface area contributed by atoms with Crippen LogP contribution in [0.4, 0.5) is 0 Å². The fourth-order valence-corrected chi connectivity index (χ4v) is 4.88. The molecule has 0 unspecified atom stereocenters. The van der Waals surface area contributed by atoms with Crippen molar-refractivity contribution in [3.63, 3.8) is 0 Å². The SMILES string of the molecule is COCCN(CC(=O)N1N=C(c2cccn2C)C[C@H]1c1ccc(OC)cc1)C(=O)C1CCCC1. The van der Waals surface area contributed by atoms with Crippen molar-refractivity contribution >= 4 is 17.5 Å². The summed E-state index contributed by atoms with van der Waals surface area (Å²) < 4.78 is 12.5. The molecule has 2 heterocycles. The van der Waals surface area contributed by atoms with Crippen LogP contribution in [0.1, 0.15) is 49.4 Å². The van der Waals surface area contributed by atoms with Crippen molar-refractivity contribution < 1.29 is 19.1 Å². The average molecular weight is 467 g/mol. The second-order valence-electron chi connectivity index (χ2n) is 9.02. The molecule has 0 radical (unpaired) electrons. The molecule has 4 rings (SSSR count). The van der Waals surface area contributed by atoms with Crippen molar-refractivity contribution in [3.8, 4) is 5.75 Å². The van der Waals surface area contributed by atoms with E-state index >= 15 is 0 Å². The highest BCUT2D eigenvalue weighted by atomic mass is 16.5. The predicted molar refractivity (Wildman–Crippen MR) is 130 cm³/mol. The maximum Gasteiger partial charge on any atom is 0.262 e. The van der Waals surface area contributed by atoms with Gasteiger partial charge >= 0.3 is 0 Å². The van der Waals surface area contributed by atoms with Crippen LogP contribution in [0.2, 0.25) is 0 Å². The Morgan fingerprint density at radius 2 is 1.85 bits per heavy atom. The van der Waals surface area contributed by atoms with E-state index in [1.807, 2.05) is 54.2 Å². The van der Waals surface area contributed by atoms with Crippen molar-refractivity contribution in [1.82, 2.24) is 14.5 Å². The molecule has 0 saturated heterocycles. The van der Waals surface area contributed by atoms with E-state index in [4.69, 9.17) is 14.6 Å². The number of benzene rings is 1. The Morgan fingerprint density at radius 1 is 1.12 bits per heavy atom. The van der Waals surface area contributed by atoms with Gasteiger partial charge in [0, 0.05) is 39.2 Å². The number of hydrogen-bond donors (Lipinski definition) is 0. The summed E-state index contributed by atoms with van der Waals surface area (Å²) in [6.07, 6.45) is 6.49. The molecular formula is C26H34N4O4. The molecule has 2 aromatic rings. The monoisotopic (exact) mass is 466 g/mol. The van der Waals surface area contributed by atoms with E-state index in [0.717, 1.165) is 48.4 Å². The first-order valence-electron chi connectivity index (χ1n) is 11.9. The molecule has 1 aromatic carbocycles. The van der Waals surface area contributed by atoms with E-state index in [2.05, 4.69) is 0 Å². The van der Waals surface area contributed by atoms with Gasteiger partial charge in [-0.15, -0.1) is 0 Å². The second kappa shape index (κ2) is 10.9. The van der Waals surface area contributed by atoms with Gasteiger partial charge in [0.2, 0.25) is 5.91 Å². The van der Waals surface area contributed by atoms with Gasteiger partial charge in [-0.3, -0.25) is 9.59 Å². The number of carbonyl (C=O) groups is 2. The smallest absolute Gasteiger partial charge is 0.262 e. The van der Waals surface area contributed by atoms with Gasteiger partial charge in [0.05, 0.1) is 31.2 Å². The quantitative estimate of drug-likeness (QED) is 0.568. The van der Waals surface area contributed by atoms with Gasteiger partial charge in [-0.1, -0.05) is 25.0 Å². The van der Waals surface area contributed by atoms with Crippen molar-refractivity contribution in [3.05, 3.63) is 53.9 Å². The highest BCUT2D eigenvalue weighted by Gasteiger charge is 2.36. The summed E-state index contributed by atoms with van der Waals surface area (Å²) in [7, 11) is 5.21. The lowest BCUT2D eigenvalue weighted by Crippen LogP contribution is -2.44. The van der Waals surface area contributed by atoms with Crippen LogP contribution in [0.5, 0.6) is 5.75 Å². The van der Waals surface area contributed by atoms with E-state index < -0.39 is 0 Å². The summed E-state index contributed by atoms with van der Waals surface area (Å²) in [6, 6.07) is 11.5. The summed E-state index contributed by atoms with van der Waals surface area (Å²) in [5.41, 5.74) is 2.81. The summed E-state index contributed by atoms with van der Waals surface area (Å²) in [4.78, 5) is 28.4. The molecule has 2 amide bonds. The van der Waals surface area contributed by atoms with Crippen molar-refractivity contribution in [1.29, 1.82) is 0 Å². The second-order valence-corrected chi connectivity index (χ2v) is 9.02. The molecule has 1 atom stereocenters. The molecule has 8 nitrogen and oxygen atoms in total. The van der Waals surface area contributed by atoms with E-state index in [9.17, 15) is 9.59 Å². The molecule has 8 heteroatoms. The van der Waals surface area contributed by atoms with Gasteiger partial charge in [-0.25, -0.2) is 5.01 Å². The van der Waals surface area contributed by atoms with Gasteiger partial charge in [0.15, 0.2) is 0 Å². The lowest BCUT2D eigenvalue weighted by atomic mass is 10.0. The van der Waals surface area contributed by atoms with E-state index in [1.54, 1.807) is 24.1 Å². The Kier molecular flexibility index (Phi) is 7.67. The Morgan fingerprint density at radius 3 is 2.47 bits per heavy atom. The fraction of sp³-hybridized carbons (Fsp3) is 0.500. The van der Waals surface area contributed by atoms with Gasteiger partial charge < -0.3 is 18.9 Å². The molecule has 1 aromatic heterocycles. The van der Waals surface area contributed by atoms with Gasteiger partial charge in [0.25, 0.3) is 5.91 Å². The summed E-state index contributed by atoms with van der Waals surface area (Å²) in [6.45, 7) is 0.785. The minimum atomic E-state index is -0.242. The van der Waals surface area contributed by atoms with Crippen molar-refractivity contribution in [2.45, 2.75) is 38.1 Å². The lowest BCUT2D eigenvalue weighted by molar-refractivity contribution is -0.144. The van der Waals surface area contributed by atoms with Gasteiger partial charge in [-0.2, -0.15) is 5.10 Å². The predicted octanol–water partition coefficient (Wildman–Crippen LogP) is 3.38. The molecule has 0 spiro atoms. The molecule has 0 N–H and O–H groups in total. The lowest BCUT2D eigenvalue weighted by Gasteiger charge is -2.28. The summed E-state index contributed by atoms with van der Waals surface area (Å²) in [5.74, 6) is 0.626. The normalized spacial score (nSPS) is 18.3. The number of carbonyl (C=O) groups excluding carboxylic acids is 2. The minimum Gasteiger partial charge on any atom is -0.497 e.